The molecular weight excluding hydrogens is 245 g/mol. The summed E-state index contributed by atoms with van der Waals surface area (Å²) >= 11 is 5.71. The van der Waals surface area contributed by atoms with Gasteiger partial charge in [-0.2, -0.15) is 0 Å². The van der Waals surface area contributed by atoms with Gasteiger partial charge in [0.25, 0.3) is 0 Å². The quantitative estimate of drug-likeness (QED) is 0.750. The van der Waals surface area contributed by atoms with Gasteiger partial charge in [0.1, 0.15) is 5.75 Å². The number of carbonyl (C=O) groups is 1. The number of rotatable bonds is 2. The molecular formula is C10H8ClF3O2. The number of halogens is 4. The summed E-state index contributed by atoms with van der Waals surface area (Å²) in [6.07, 6.45) is -4.79. The van der Waals surface area contributed by atoms with Crippen molar-refractivity contribution in [2.45, 2.75) is 20.2 Å². The van der Waals surface area contributed by atoms with Crippen LogP contribution in [0.25, 0.3) is 0 Å². The van der Waals surface area contributed by atoms with Crippen molar-refractivity contribution in [1.82, 2.24) is 0 Å². The number of carbonyl (C=O) groups excluding carboxylic acids is 1. The van der Waals surface area contributed by atoms with Gasteiger partial charge in [-0.25, -0.2) is 0 Å². The van der Waals surface area contributed by atoms with Gasteiger partial charge in [0.2, 0.25) is 0 Å². The molecule has 1 rings (SSSR count). The Morgan fingerprint density at radius 2 is 1.94 bits per heavy atom. The van der Waals surface area contributed by atoms with E-state index in [0.29, 0.717) is 0 Å². The first-order valence-electron chi connectivity index (χ1n) is 4.28. The molecule has 0 saturated carbocycles. The van der Waals surface area contributed by atoms with Crippen LogP contribution in [0.3, 0.4) is 0 Å². The molecule has 0 fully saturated rings. The zero-order valence-corrected chi connectivity index (χ0v) is 9.24. The summed E-state index contributed by atoms with van der Waals surface area (Å²) in [6.45, 7) is 2.58. The lowest BCUT2D eigenvalue weighted by Crippen LogP contribution is -2.18. The second-order valence-electron chi connectivity index (χ2n) is 3.15. The predicted octanol–water partition coefficient (Wildman–Crippen LogP) is 3.75. The van der Waals surface area contributed by atoms with Crippen molar-refractivity contribution in [2.24, 2.45) is 0 Å². The topological polar surface area (TPSA) is 26.3 Å². The van der Waals surface area contributed by atoms with Crippen molar-refractivity contribution in [3.63, 3.8) is 0 Å². The summed E-state index contributed by atoms with van der Waals surface area (Å²) in [5.74, 6) is -0.822. The molecule has 6 heteroatoms. The van der Waals surface area contributed by atoms with Crippen LogP contribution in [0.5, 0.6) is 5.75 Å². The number of hydrogen-bond acceptors (Lipinski definition) is 2. The molecule has 0 bridgehead atoms. The highest BCUT2D eigenvalue weighted by Crippen LogP contribution is 2.32. The Morgan fingerprint density at radius 3 is 2.38 bits per heavy atom. The molecule has 0 atom stereocenters. The minimum absolute atomic E-state index is 0.0448. The Hall–Kier alpha value is -1.23. The van der Waals surface area contributed by atoms with Gasteiger partial charge in [0.05, 0.1) is 5.02 Å². The van der Waals surface area contributed by atoms with Crippen LogP contribution in [-0.4, -0.2) is 12.1 Å². The van der Waals surface area contributed by atoms with E-state index in [9.17, 15) is 18.0 Å². The number of alkyl halides is 3. The maximum Gasteiger partial charge on any atom is 0.573 e. The van der Waals surface area contributed by atoms with E-state index in [1.54, 1.807) is 0 Å². The van der Waals surface area contributed by atoms with Crippen LogP contribution in [0.1, 0.15) is 22.8 Å². The third-order valence-electron chi connectivity index (χ3n) is 1.94. The standard InChI is InChI=1S/C10H8ClF3O2/c1-5-8(16-10(12,13)14)4-3-7(11)9(5)6(2)15/h3-4H,1-2H3. The van der Waals surface area contributed by atoms with Gasteiger partial charge < -0.3 is 4.74 Å². The molecule has 1 aromatic carbocycles. The van der Waals surface area contributed by atoms with E-state index in [0.717, 1.165) is 6.07 Å². The molecule has 0 radical (unpaired) electrons. The monoisotopic (exact) mass is 252 g/mol. The Morgan fingerprint density at radius 1 is 1.38 bits per heavy atom. The number of Topliss-reactive ketones (excluding diaryl/α,β-unsaturated/α-hetero) is 1. The molecule has 0 aromatic heterocycles. The Labute approximate surface area is 95.0 Å². The van der Waals surface area contributed by atoms with Gasteiger partial charge in [0, 0.05) is 11.1 Å². The molecule has 0 amide bonds. The maximum atomic E-state index is 12.0. The lowest BCUT2D eigenvalue weighted by atomic mass is 10.0. The number of ketones is 1. The average Bonchev–Trinajstić information content (AvgIpc) is 2.07. The first-order chi connectivity index (χ1) is 7.22. The van der Waals surface area contributed by atoms with Crippen molar-refractivity contribution in [3.8, 4) is 5.75 Å². The van der Waals surface area contributed by atoms with Gasteiger partial charge in [-0.05, 0) is 26.0 Å². The average molecular weight is 253 g/mol. The molecule has 2 nitrogen and oxygen atoms in total. The fourth-order valence-corrected chi connectivity index (χ4v) is 1.66. The molecule has 0 unspecified atom stereocenters. The highest BCUT2D eigenvalue weighted by molar-refractivity contribution is 6.34. The Bertz CT molecular complexity index is 427. The normalized spacial score (nSPS) is 11.4. The van der Waals surface area contributed by atoms with Crippen LogP contribution in [0.2, 0.25) is 5.02 Å². The summed E-state index contributed by atoms with van der Waals surface area (Å²) in [5, 5.41) is 0.111. The Kier molecular flexibility index (Phi) is 3.48. The molecule has 0 heterocycles. The van der Waals surface area contributed by atoms with Crippen LogP contribution in [0.4, 0.5) is 13.2 Å². The van der Waals surface area contributed by atoms with Gasteiger partial charge in [0.15, 0.2) is 5.78 Å². The van der Waals surface area contributed by atoms with Crippen molar-refractivity contribution in [1.29, 1.82) is 0 Å². The third-order valence-corrected chi connectivity index (χ3v) is 2.26. The molecule has 16 heavy (non-hydrogen) atoms. The molecule has 0 spiro atoms. The minimum Gasteiger partial charge on any atom is -0.405 e. The van der Waals surface area contributed by atoms with E-state index in [1.165, 1.54) is 19.9 Å². The zero-order valence-electron chi connectivity index (χ0n) is 8.48. The highest BCUT2D eigenvalue weighted by atomic mass is 35.5. The molecule has 0 aliphatic rings. The molecule has 0 aliphatic heterocycles. The second-order valence-corrected chi connectivity index (χ2v) is 3.56. The predicted molar refractivity (Wildman–Crippen MR) is 52.9 cm³/mol. The maximum absolute atomic E-state index is 12.0. The third kappa shape index (κ3) is 2.88. The van der Waals surface area contributed by atoms with Gasteiger partial charge in [-0.3, -0.25) is 4.79 Å². The fourth-order valence-electron chi connectivity index (χ4n) is 1.33. The lowest BCUT2D eigenvalue weighted by Gasteiger charge is -2.13. The van der Waals surface area contributed by atoms with Crippen LogP contribution >= 0.6 is 11.6 Å². The molecule has 0 N–H and O–H groups in total. The summed E-state index contributed by atoms with van der Waals surface area (Å²) in [6, 6.07) is 2.28. The van der Waals surface area contributed by atoms with Gasteiger partial charge in [-0.15, -0.1) is 13.2 Å². The SMILES string of the molecule is CC(=O)c1c(Cl)ccc(OC(F)(F)F)c1C. The van der Waals surface area contributed by atoms with E-state index in [2.05, 4.69) is 4.74 Å². The van der Waals surface area contributed by atoms with Crippen LogP contribution in [0, 0.1) is 6.92 Å². The number of ether oxygens (including phenoxy) is 1. The molecule has 0 saturated heterocycles. The number of benzene rings is 1. The molecule has 0 aliphatic carbocycles. The van der Waals surface area contributed by atoms with Crippen LogP contribution in [0.15, 0.2) is 12.1 Å². The van der Waals surface area contributed by atoms with Crippen molar-refractivity contribution < 1.29 is 22.7 Å². The summed E-state index contributed by atoms with van der Waals surface area (Å²) in [7, 11) is 0. The number of hydrogen-bond donors (Lipinski definition) is 0. The van der Waals surface area contributed by atoms with Crippen molar-refractivity contribution >= 4 is 17.4 Å². The van der Waals surface area contributed by atoms with E-state index in [-0.39, 0.29) is 16.1 Å². The van der Waals surface area contributed by atoms with E-state index >= 15 is 0 Å². The summed E-state index contributed by atoms with van der Waals surface area (Å²) < 4.78 is 39.8. The zero-order chi connectivity index (χ0) is 12.5. The lowest BCUT2D eigenvalue weighted by molar-refractivity contribution is -0.274. The van der Waals surface area contributed by atoms with Crippen molar-refractivity contribution in [3.05, 3.63) is 28.3 Å². The first kappa shape index (κ1) is 12.8. The first-order valence-corrected chi connectivity index (χ1v) is 4.66. The van der Waals surface area contributed by atoms with Crippen molar-refractivity contribution in [2.75, 3.05) is 0 Å². The largest absolute Gasteiger partial charge is 0.573 e. The second kappa shape index (κ2) is 4.33. The van der Waals surface area contributed by atoms with Crippen LogP contribution < -0.4 is 4.74 Å². The van der Waals surface area contributed by atoms with E-state index in [1.807, 2.05) is 0 Å². The summed E-state index contributed by atoms with van der Waals surface area (Å²) in [5.41, 5.74) is 0.126. The molecule has 88 valence electrons. The summed E-state index contributed by atoms with van der Waals surface area (Å²) in [4.78, 5) is 11.2. The smallest absolute Gasteiger partial charge is 0.405 e. The highest BCUT2D eigenvalue weighted by Gasteiger charge is 2.32. The van der Waals surface area contributed by atoms with Gasteiger partial charge in [-0.1, -0.05) is 11.6 Å². The minimum atomic E-state index is -4.79. The molecule has 1 aromatic rings. The van der Waals surface area contributed by atoms with E-state index in [4.69, 9.17) is 11.6 Å². The van der Waals surface area contributed by atoms with E-state index < -0.39 is 17.9 Å². The van der Waals surface area contributed by atoms with Gasteiger partial charge >= 0.3 is 6.36 Å². The Balaban J connectivity index is 3.24. The fraction of sp³-hybridized carbons (Fsp3) is 0.300. The van der Waals surface area contributed by atoms with Crippen LogP contribution in [-0.2, 0) is 0 Å².